The van der Waals surface area contributed by atoms with E-state index in [2.05, 4.69) is 35.6 Å². The number of benzene rings is 3. The summed E-state index contributed by atoms with van der Waals surface area (Å²) in [4.78, 5) is 49.2. The molecule has 8 aromatic rings. The average Bonchev–Trinajstić information content (AvgIpc) is 3.39. The zero-order chi connectivity index (χ0) is 49.9. The predicted octanol–water partition coefficient (Wildman–Crippen LogP) is 7.30. The topological polar surface area (TPSA) is 227 Å². The molecule has 2 aliphatic rings. The third kappa shape index (κ3) is 9.86. The van der Waals surface area contributed by atoms with Gasteiger partial charge in [0.2, 0.25) is 15.9 Å². The van der Waals surface area contributed by atoms with Crippen molar-refractivity contribution in [1.82, 2.24) is 29.9 Å². The Labute approximate surface area is 415 Å². The highest BCUT2D eigenvalue weighted by atomic mass is 32.2. The third-order valence-electron chi connectivity index (χ3n) is 13.3. The van der Waals surface area contributed by atoms with Crippen molar-refractivity contribution >= 4 is 60.3 Å². The number of aromatic nitrogens is 5. The Balaban J connectivity index is 0.933. The van der Waals surface area contributed by atoms with Crippen LogP contribution in [0.3, 0.4) is 0 Å². The number of nitrogens with one attached hydrogen (secondary N) is 5. The van der Waals surface area contributed by atoms with E-state index in [9.17, 15) is 23.1 Å². The molecule has 72 heavy (non-hydrogen) atoms. The molecule has 18 nitrogen and oxygen atoms in total. The van der Waals surface area contributed by atoms with Crippen molar-refractivity contribution in [3.8, 4) is 39.9 Å². The minimum Gasteiger partial charge on any atom is -0.507 e. The molecule has 6 N–H and O–H groups in total. The fourth-order valence-electron chi connectivity index (χ4n) is 9.58. The standard InChI is InChI=1S/C53H54N10O8S/c1-32-28-44(45(69-2)31-41(32)33-13-19-54-20-14-33)60-50-47-36(30-43(59-50)40-8-5-18-56-52(40)70-3)16-22-63(53(47)66)61-72(67,68)27-17-34-6-4-7-39(48(34)64)42-29-35-15-21-55-51(65)46(35)49(58-42)57-37-9-11-38(12-10-37)62-23-25-71-26-24-62/h4-12,15-16,18,21-22,28-31,33,54,61,64H,13-14,17,19-20,23-27H2,1-3H3,(H,55,65)(H,57,58)(H,59,60). The second-order valence-corrected chi connectivity index (χ2v) is 19.6. The highest BCUT2D eigenvalue weighted by molar-refractivity contribution is 7.92. The molecular weight excluding hydrogens is 937 g/mol. The molecule has 5 aromatic heterocycles. The van der Waals surface area contributed by atoms with Crippen LogP contribution in [0, 0.1) is 6.92 Å². The monoisotopic (exact) mass is 990 g/mol. The summed E-state index contributed by atoms with van der Waals surface area (Å²) in [6.07, 6.45) is 6.38. The van der Waals surface area contributed by atoms with Gasteiger partial charge in [0.05, 0.1) is 66.6 Å². The Morgan fingerprint density at radius 2 is 1.56 bits per heavy atom. The van der Waals surface area contributed by atoms with Crippen molar-refractivity contribution in [2.75, 3.05) is 79.7 Å². The number of phenolic OH excluding ortho intramolecular Hbond substituents is 1. The number of piperidine rings is 1. The number of sulfonamides is 1. The van der Waals surface area contributed by atoms with Crippen molar-refractivity contribution in [2.45, 2.75) is 32.1 Å². The third-order valence-corrected chi connectivity index (χ3v) is 14.5. The number of H-pyrrole nitrogens is 1. The number of phenols is 1. The van der Waals surface area contributed by atoms with E-state index in [1.54, 1.807) is 68.0 Å². The molecule has 19 heteroatoms. The van der Waals surface area contributed by atoms with Crippen molar-refractivity contribution in [1.29, 1.82) is 0 Å². The summed E-state index contributed by atoms with van der Waals surface area (Å²) in [5.74, 6) is 1.03. The molecular formula is C53H54N10O8S. The van der Waals surface area contributed by atoms with E-state index in [-0.39, 0.29) is 34.8 Å². The number of para-hydroxylation sites is 1. The molecule has 10 rings (SSSR count). The van der Waals surface area contributed by atoms with Gasteiger partial charge in [-0.3, -0.25) is 9.59 Å². The normalized spacial score (nSPS) is 14.3. The Bertz CT molecular complexity index is 3560. The number of fused-ring (bicyclic) bond motifs is 2. The molecule has 0 spiro atoms. The first-order valence-corrected chi connectivity index (χ1v) is 25.4. The van der Waals surface area contributed by atoms with Crippen LogP contribution in [-0.2, 0) is 21.2 Å². The number of aromatic hydroxyl groups is 1. The number of rotatable bonds is 15. The van der Waals surface area contributed by atoms with E-state index < -0.39 is 21.3 Å². The number of aromatic amines is 1. The number of hydrogen-bond acceptors (Lipinski definition) is 15. The van der Waals surface area contributed by atoms with Gasteiger partial charge >= 0.3 is 0 Å². The second-order valence-electron chi connectivity index (χ2n) is 17.8. The Morgan fingerprint density at radius 1 is 0.833 bits per heavy atom. The fraction of sp³-hybridized carbons (Fsp3) is 0.264. The maximum atomic E-state index is 14.5. The number of morpholine rings is 1. The van der Waals surface area contributed by atoms with Crippen molar-refractivity contribution in [2.24, 2.45) is 0 Å². The van der Waals surface area contributed by atoms with Gasteiger partial charge in [-0.1, -0.05) is 12.1 Å². The van der Waals surface area contributed by atoms with Crippen LogP contribution < -0.4 is 46.3 Å². The van der Waals surface area contributed by atoms with Gasteiger partial charge in [-0.25, -0.2) is 32.9 Å². The predicted molar refractivity (Wildman–Crippen MR) is 281 cm³/mol. The van der Waals surface area contributed by atoms with Crippen LogP contribution in [-0.4, -0.2) is 97.5 Å². The quantitative estimate of drug-likeness (QED) is 0.0593. The molecule has 0 bridgehead atoms. The fourth-order valence-corrected chi connectivity index (χ4v) is 10.6. The lowest BCUT2D eigenvalue weighted by Gasteiger charge is -2.28. The maximum Gasteiger partial charge on any atom is 0.281 e. The maximum absolute atomic E-state index is 14.5. The summed E-state index contributed by atoms with van der Waals surface area (Å²) in [5.41, 5.74) is 5.61. The van der Waals surface area contributed by atoms with Gasteiger partial charge in [-0.15, -0.1) is 0 Å². The summed E-state index contributed by atoms with van der Waals surface area (Å²) in [7, 11) is -1.12. The lowest BCUT2D eigenvalue weighted by molar-refractivity contribution is 0.122. The minimum absolute atomic E-state index is 0.114. The van der Waals surface area contributed by atoms with Crippen LogP contribution in [0.15, 0.2) is 119 Å². The first-order valence-electron chi connectivity index (χ1n) is 23.7. The van der Waals surface area contributed by atoms with Gasteiger partial charge in [0, 0.05) is 48.6 Å². The Morgan fingerprint density at radius 3 is 2.31 bits per heavy atom. The molecule has 370 valence electrons. The lowest BCUT2D eigenvalue weighted by Crippen LogP contribution is -2.36. The summed E-state index contributed by atoms with van der Waals surface area (Å²) in [6.45, 7) is 6.82. The largest absolute Gasteiger partial charge is 0.507 e. The van der Waals surface area contributed by atoms with Crippen LogP contribution >= 0.6 is 0 Å². The second kappa shape index (κ2) is 20.4. The molecule has 7 heterocycles. The molecule has 2 fully saturated rings. The number of hydrogen-bond donors (Lipinski definition) is 6. The van der Waals surface area contributed by atoms with Crippen LogP contribution in [0.2, 0.25) is 0 Å². The minimum atomic E-state index is -4.23. The van der Waals surface area contributed by atoms with E-state index in [0.717, 1.165) is 54.9 Å². The van der Waals surface area contributed by atoms with Gasteiger partial charge < -0.3 is 45.2 Å². The number of aryl methyl sites for hydroxylation is 2. The zero-order valence-corrected chi connectivity index (χ0v) is 40.8. The lowest BCUT2D eigenvalue weighted by atomic mass is 9.87. The highest BCUT2D eigenvalue weighted by Crippen LogP contribution is 2.39. The van der Waals surface area contributed by atoms with E-state index >= 15 is 0 Å². The summed E-state index contributed by atoms with van der Waals surface area (Å²) >= 11 is 0. The Hall–Kier alpha value is -8.00. The highest BCUT2D eigenvalue weighted by Gasteiger charge is 2.24. The molecule has 0 aliphatic carbocycles. The van der Waals surface area contributed by atoms with Gasteiger partial charge in [0.25, 0.3) is 11.1 Å². The van der Waals surface area contributed by atoms with E-state index in [4.69, 9.17) is 24.2 Å². The summed E-state index contributed by atoms with van der Waals surface area (Å²) < 4.78 is 45.7. The molecule has 0 radical (unpaired) electrons. The first kappa shape index (κ1) is 47.7. The van der Waals surface area contributed by atoms with Crippen molar-refractivity contribution in [3.05, 3.63) is 147 Å². The number of methoxy groups -OCH3 is 2. The number of anilines is 5. The van der Waals surface area contributed by atoms with Crippen LogP contribution in [0.5, 0.6) is 17.4 Å². The average molecular weight is 991 g/mol. The van der Waals surface area contributed by atoms with Crippen molar-refractivity contribution in [3.63, 3.8) is 0 Å². The van der Waals surface area contributed by atoms with Crippen LogP contribution in [0.4, 0.5) is 28.7 Å². The smallest absolute Gasteiger partial charge is 0.281 e. The van der Waals surface area contributed by atoms with Gasteiger partial charge in [-0.05, 0) is 152 Å². The SMILES string of the molecule is COc1cc(C2CCNCC2)c(C)cc1Nc1nc(-c2cccnc2OC)cc2ccn(NS(=O)(=O)CCc3cccc(-c4cc5cc[nH]c(=O)c5c(Nc5ccc(N6CCOCC6)cc5)n4)c3O)c(=O)c12. The summed E-state index contributed by atoms with van der Waals surface area (Å²) in [6, 6.07) is 27.2. The van der Waals surface area contributed by atoms with E-state index in [1.807, 2.05) is 49.4 Å². The first-order chi connectivity index (χ1) is 35.0. The molecule has 2 aliphatic heterocycles. The molecule has 0 amide bonds. The molecule has 0 unspecified atom stereocenters. The number of pyridine rings is 5. The van der Waals surface area contributed by atoms with Gasteiger partial charge in [0.15, 0.2) is 0 Å². The molecule has 2 saturated heterocycles. The van der Waals surface area contributed by atoms with Crippen molar-refractivity contribution < 1.29 is 27.7 Å². The molecule has 0 atom stereocenters. The van der Waals surface area contributed by atoms with E-state index in [1.165, 1.54) is 18.9 Å². The van der Waals surface area contributed by atoms with Crippen LogP contribution in [0.1, 0.15) is 35.4 Å². The number of ether oxygens (including phenoxy) is 3. The molecule has 0 saturated carbocycles. The van der Waals surface area contributed by atoms with Crippen LogP contribution in [0.25, 0.3) is 44.1 Å². The number of nitrogens with zero attached hydrogens (tertiary/aromatic N) is 5. The Kier molecular flexibility index (Phi) is 13.5. The van der Waals surface area contributed by atoms with E-state index in [0.29, 0.717) is 86.4 Å². The molecule has 3 aromatic carbocycles. The summed E-state index contributed by atoms with van der Waals surface area (Å²) in [5, 5.41) is 23.3. The van der Waals surface area contributed by atoms with Gasteiger partial charge in [0.1, 0.15) is 23.1 Å². The zero-order valence-electron chi connectivity index (χ0n) is 40.0. The van der Waals surface area contributed by atoms with Gasteiger partial charge in [-0.2, -0.15) is 0 Å².